The Morgan fingerprint density at radius 3 is 2.48 bits per heavy atom. The fourth-order valence-corrected chi connectivity index (χ4v) is 4.08. The fourth-order valence-electron chi connectivity index (χ4n) is 3.45. The van der Waals surface area contributed by atoms with Crippen molar-refractivity contribution in [3.05, 3.63) is 52.2 Å². The first kappa shape index (κ1) is 19.3. The van der Waals surface area contributed by atoms with Crippen molar-refractivity contribution in [1.29, 1.82) is 0 Å². The normalized spacial score (nSPS) is 16.0. The molecule has 1 heterocycles. The van der Waals surface area contributed by atoms with E-state index in [1.54, 1.807) is 30.3 Å². The van der Waals surface area contributed by atoms with Crippen molar-refractivity contribution >= 4 is 15.9 Å². The van der Waals surface area contributed by atoms with E-state index in [1.807, 2.05) is 10.7 Å². The molecule has 1 aromatic carbocycles. The molecular weight excluding hydrogens is 366 g/mol. The third-order valence-corrected chi connectivity index (χ3v) is 5.92. The molecule has 0 spiro atoms. The van der Waals surface area contributed by atoms with Crippen molar-refractivity contribution in [2.45, 2.75) is 43.0 Å². The Kier molecular flexibility index (Phi) is 5.74. The first-order valence-corrected chi connectivity index (χ1v) is 10.9. The molecule has 2 aromatic rings. The zero-order valence-corrected chi connectivity index (χ0v) is 16.1. The minimum Gasteiger partial charge on any atom is -0.264 e. The molecule has 0 bridgehead atoms. The van der Waals surface area contributed by atoms with Gasteiger partial charge in [0, 0.05) is 11.2 Å². The molecule has 1 aromatic heterocycles. The molecule has 0 radical (unpaired) electrons. The topological polar surface area (TPSA) is 95.1 Å². The zero-order chi connectivity index (χ0) is 19.4. The summed E-state index contributed by atoms with van der Waals surface area (Å²) in [5.41, 5.74) is 2.46. The molecule has 1 aliphatic carbocycles. The molecule has 7 nitrogen and oxygen atoms in total. The molecule has 1 aliphatic rings. The molecule has 0 atom stereocenters. The van der Waals surface area contributed by atoms with E-state index < -0.39 is 9.84 Å². The summed E-state index contributed by atoms with van der Waals surface area (Å²) in [5.74, 6) is 0. The highest BCUT2D eigenvalue weighted by Gasteiger charge is 2.20. The molecule has 1 fully saturated rings. The first-order valence-electron chi connectivity index (χ1n) is 9.03. The lowest BCUT2D eigenvalue weighted by Gasteiger charge is -2.24. The predicted molar refractivity (Wildman–Crippen MR) is 104 cm³/mol. The molecule has 144 valence electrons. The van der Waals surface area contributed by atoms with Crippen LogP contribution in [0.15, 0.2) is 41.3 Å². The maximum Gasteiger partial charge on any atom is 0.222 e. The number of nitro groups is 1. The van der Waals surface area contributed by atoms with Gasteiger partial charge in [0.05, 0.1) is 22.3 Å². The van der Waals surface area contributed by atoms with Gasteiger partial charge in [-0.05, 0) is 48.8 Å². The third-order valence-electron chi connectivity index (χ3n) is 4.80. The van der Waals surface area contributed by atoms with Crippen molar-refractivity contribution in [3.63, 3.8) is 0 Å². The number of sulfone groups is 1. The van der Waals surface area contributed by atoms with Gasteiger partial charge in [-0.15, -0.1) is 0 Å². The summed E-state index contributed by atoms with van der Waals surface area (Å²) in [5, 5.41) is 15.2. The van der Waals surface area contributed by atoms with Gasteiger partial charge in [0.2, 0.25) is 6.54 Å². The van der Waals surface area contributed by atoms with Gasteiger partial charge >= 0.3 is 0 Å². The van der Waals surface area contributed by atoms with Crippen LogP contribution in [0.3, 0.4) is 0 Å². The molecule has 27 heavy (non-hydrogen) atoms. The summed E-state index contributed by atoms with van der Waals surface area (Å²) in [6.45, 7) is -0.241. The van der Waals surface area contributed by atoms with Gasteiger partial charge in [0.15, 0.2) is 9.84 Å². The number of hydrogen-bond acceptors (Lipinski definition) is 5. The van der Waals surface area contributed by atoms with Crippen LogP contribution in [0.4, 0.5) is 0 Å². The van der Waals surface area contributed by atoms with Crippen LogP contribution in [0.1, 0.15) is 43.8 Å². The lowest BCUT2D eigenvalue weighted by atomic mass is 9.95. The third kappa shape index (κ3) is 4.82. The fraction of sp³-hybridized carbons (Fsp3) is 0.421. The van der Waals surface area contributed by atoms with Crippen LogP contribution in [0.2, 0.25) is 0 Å². The van der Waals surface area contributed by atoms with Crippen molar-refractivity contribution in [1.82, 2.24) is 9.78 Å². The van der Waals surface area contributed by atoms with Gasteiger partial charge in [-0.25, -0.2) is 8.42 Å². The highest BCUT2D eigenvalue weighted by Crippen LogP contribution is 2.33. The van der Waals surface area contributed by atoms with Crippen LogP contribution < -0.4 is 0 Å². The van der Waals surface area contributed by atoms with Crippen molar-refractivity contribution < 1.29 is 13.3 Å². The molecule has 3 rings (SSSR count). The van der Waals surface area contributed by atoms with E-state index in [1.165, 1.54) is 18.8 Å². The van der Waals surface area contributed by atoms with Crippen LogP contribution in [0.5, 0.6) is 0 Å². The largest absolute Gasteiger partial charge is 0.264 e. The lowest BCUT2D eigenvalue weighted by molar-refractivity contribution is -0.468. The monoisotopic (exact) mass is 389 g/mol. The number of rotatable bonds is 6. The van der Waals surface area contributed by atoms with Crippen LogP contribution >= 0.6 is 0 Å². The minimum absolute atomic E-state index is 0.241. The maximum absolute atomic E-state index is 11.7. The summed E-state index contributed by atoms with van der Waals surface area (Å²) in [4.78, 5) is 10.4. The van der Waals surface area contributed by atoms with Gasteiger partial charge < -0.3 is 0 Å². The van der Waals surface area contributed by atoms with Gasteiger partial charge in [-0.1, -0.05) is 31.4 Å². The zero-order valence-electron chi connectivity index (χ0n) is 15.2. The number of nitrogens with zero attached hydrogens (tertiary/aromatic N) is 3. The Morgan fingerprint density at radius 1 is 1.22 bits per heavy atom. The van der Waals surface area contributed by atoms with Crippen LogP contribution in [0.25, 0.3) is 17.3 Å². The van der Waals surface area contributed by atoms with E-state index in [9.17, 15) is 18.5 Å². The van der Waals surface area contributed by atoms with Crippen LogP contribution in [-0.4, -0.2) is 35.9 Å². The average molecular weight is 389 g/mol. The number of benzene rings is 1. The van der Waals surface area contributed by atoms with E-state index in [-0.39, 0.29) is 16.4 Å². The maximum atomic E-state index is 11.7. The second-order valence-corrected chi connectivity index (χ2v) is 8.92. The number of hydrogen-bond donors (Lipinski definition) is 0. The SMILES string of the molecule is CS(=O)(=O)c1ccc(-c2cc(/C=C/C[N+](=O)[O-])nn2C2CCCCC2)cc1. The van der Waals surface area contributed by atoms with E-state index >= 15 is 0 Å². The van der Waals surface area contributed by atoms with Crippen molar-refractivity contribution in [3.8, 4) is 11.3 Å². The Morgan fingerprint density at radius 2 is 1.89 bits per heavy atom. The Balaban J connectivity index is 1.97. The molecular formula is C19H23N3O4S. The Bertz CT molecular complexity index is 940. The second kappa shape index (κ2) is 8.04. The average Bonchev–Trinajstić information content (AvgIpc) is 3.06. The van der Waals surface area contributed by atoms with E-state index in [2.05, 4.69) is 5.10 Å². The summed E-state index contributed by atoms with van der Waals surface area (Å²) in [6, 6.07) is 8.98. The minimum atomic E-state index is -3.24. The smallest absolute Gasteiger partial charge is 0.222 e. The second-order valence-electron chi connectivity index (χ2n) is 6.91. The van der Waals surface area contributed by atoms with Crippen LogP contribution in [-0.2, 0) is 9.84 Å². The molecule has 0 saturated heterocycles. The predicted octanol–water partition coefficient (Wildman–Crippen LogP) is 3.75. The van der Waals surface area contributed by atoms with E-state index in [4.69, 9.17) is 0 Å². The summed E-state index contributed by atoms with van der Waals surface area (Å²) >= 11 is 0. The number of aromatic nitrogens is 2. The summed E-state index contributed by atoms with van der Waals surface area (Å²) in [6.07, 6.45) is 9.98. The van der Waals surface area contributed by atoms with Gasteiger partial charge in [0.25, 0.3) is 0 Å². The van der Waals surface area contributed by atoms with Crippen LogP contribution in [0, 0.1) is 10.1 Å². The summed E-state index contributed by atoms with van der Waals surface area (Å²) in [7, 11) is -3.24. The Labute approximate surface area is 158 Å². The van der Waals surface area contributed by atoms with E-state index in [0.717, 1.165) is 36.9 Å². The van der Waals surface area contributed by atoms with E-state index in [0.29, 0.717) is 11.7 Å². The standard InChI is InChI=1S/C19H23N3O4S/c1-27(25,26)18-11-9-15(10-12-18)19-14-16(6-5-13-21(23)24)20-22(19)17-7-3-2-4-8-17/h5-6,9-12,14,17H,2-4,7-8,13H2,1H3/b6-5+. The molecule has 0 unspecified atom stereocenters. The van der Waals surface area contributed by atoms with Gasteiger partial charge in [-0.2, -0.15) is 5.10 Å². The molecule has 8 heteroatoms. The van der Waals surface area contributed by atoms with Crippen molar-refractivity contribution in [2.24, 2.45) is 0 Å². The molecule has 0 N–H and O–H groups in total. The van der Waals surface area contributed by atoms with Gasteiger partial charge in [0.1, 0.15) is 0 Å². The summed E-state index contributed by atoms with van der Waals surface area (Å²) < 4.78 is 25.4. The first-order chi connectivity index (χ1) is 12.8. The molecule has 0 aliphatic heterocycles. The van der Waals surface area contributed by atoms with Crippen molar-refractivity contribution in [2.75, 3.05) is 12.8 Å². The quantitative estimate of drug-likeness (QED) is 0.554. The molecule has 0 amide bonds. The van der Waals surface area contributed by atoms with Gasteiger partial charge in [-0.3, -0.25) is 14.8 Å². The highest BCUT2D eigenvalue weighted by molar-refractivity contribution is 7.90. The highest BCUT2D eigenvalue weighted by atomic mass is 32.2. The molecule has 1 saturated carbocycles. The lowest BCUT2D eigenvalue weighted by Crippen LogP contribution is -2.15. The Hall–Kier alpha value is -2.48.